The number of hydrogen-bond donors (Lipinski definition) is 1. The number of hydrogen-bond acceptors (Lipinski definition) is 4. The molecule has 1 aliphatic heterocycles. The van der Waals surface area contributed by atoms with Crippen molar-refractivity contribution in [2.24, 2.45) is 0 Å². The molecule has 0 unspecified atom stereocenters. The van der Waals surface area contributed by atoms with E-state index in [1.807, 2.05) is 0 Å². The van der Waals surface area contributed by atoms with Crippen LogP contribution in [0, 0.1) is 23.3 Å². The number of carbonyl (C=O) groups is 1. The van der Waals surface area contributed by atoms with Gasteiger partial charge in [0, 0.05) is 6.26 Å². The Balaban J connectivity index is 2.30. The van der Waals surface area contributed by atoms with Gasteiger partial charge < -0.3 is 10.1 Å². The summed E-state index contributed by atoms with van der Waals surface area (Å²) in [7, 11) is -3.50. The Labute approximate surface area is 123 Å². The van der Waals surface area contributed by atoms with Crippen molar-refractivity contribution in [1.82, 2.24) is 5.32 Å². The molecule has 2 rings (SSSR count). The number of nitrogens with one attached hydrogen (secondary N) is 1. The van der Waals surface area contributed by atoms with Crippen LogP contribution in [0.1, 0.15) is 10.4 Å². The van der Waals surface area contributed by atoms with Gasteiger partial charge in [0.1, 0.15) is 15.4 Å². The SMILES string of the molecule is CS(=O)(=O)CC1(NC(=O)c2cc(F)c(F)c(F)c2F)COC1. The topological polar surface area (TPSA) is 72.5 Å². The molecule has 0 bridgehead atoms. The lowest BCUT2D eigenvalue weighted by Crippen LogP contribution is -2.65. The molecule has 1 aromatic rings. The van der Waals surface area contributed by atoms with Gasteiger partial charge in [-0.2, -0.15) is 0 Å². The fourth-order valence-corrected chi connectivity index (χ4v) is 3.33. The van der Waals surface area contributed by atoms with E-state index in [1.165, 1.54) is 0 Å². The van der Waals surface area contributed by atoms with Gasteiger partial charge in [0.25, 0.3) is 5.91 Å². The van der Waals surface area contributed by atoms with E-state index in [0.29, 0.717) is 0 Å². The van der Waals surface area contributed by atoms with Gasteiger partial charge in [0.2, 0.25) is 0 Å². The van der Waals surface area contributed by atoms with Crippen LogP contribution in [0.3, 0.4) is 0 Å². The minimum atomic E-state index is -3.50. The van der Waals surface area contributed by atoms with Crippen molar-refractivity contribution in [1.29, 1.82) is 0 Å². The van der Waals surface area contributed by atoms with Crippen molar-refractivity contribution >= 4 is 15.7 Å². The smallest absolute Gasteiger partial charge is 0.255 e. The summed E-state index contributed by atoms with van der Waals surface area (Å²) in [5.41, 5.74) is -2.37. The van der Waals surface area contributed by atoms with Gasteiger partial charge in [0.15, 0.2) is 23.3 Å². The van der Waals surface area contributed by atoms with Crippen molar-refractivity contribution in [3.8, 4) is 0 Å². The highest BCUT2D eigenvalue weighted by molar-refractivity contribution is 7.90. The first-order valence-electron chi connectivity index (χ1n) is 5.96. The van der Waals surface area contributed by atoms with Crippen LogP contribution in [-0.2, 0) is 14.6 Å². The fraction of sp³-hybridized carbons (Fsp3) is 0.417. The number of carbonyl (C=O) groups excluding carboxylic acids is 1. The molecule has 122 valence electrons. The molecule has 1 heterocycles. The van der Waals surface area contributed by atoms with E-state index < -0.39 is 55.9 Å². The third-order valence-corrected chi connectivity index (χ3v) is 4.10. The summed E-state index contributed by atoms with van der Waals surface area (Å²) in [5.74, 6) is -9.49. The Morgan fingerprint density at radius 1 is 1.23 bits per heavy atom. The molecule has 0 aromatic heterocycles. The fourth-order valence-electron chi connectivity index (χ4n) is 2.09. The van der Waals surface area contributed by atoms with E-state index in [1.54, 1.807) is 0 Å². The Hall–Kier alpha value is -1.68. The molecule has 10 heteroatoms. The van der Waals surface area contributed by atoms with E-state index in [4.69, 9.17) is 4.74 Å². The summed E-state index contributed by atoms with van der Waals surface area (Å²) < 4.78 is 80.1. The van der Waals surface area contributed by atoms with E-state index in [9.17, 15) is 30.8 Å². The Kier molecular flexibility index (Phi) is 4.18. The summed E-state index contributed by atoms with van der Waals surface area (Å²) in [4.78, 5) is 11.9. The van der Waals surface area contributed by atoms with Gasteiger partial charge in [-0.3, -0.25) is 4.79 Å². The average molecular weight is 341 g/mol. The van der Waals surface area contributed by atoms with Crippen LogP contribution in [0.2, 0.25) is 0 Å². The summed E-state index contributed by atoms with van der Waals surface area (Å²) in [6, 6.07) is 0.205. The first-order valence-corrected chi connectivity index (χ1v) is 8.02. The molecule has 1 aliphatic rings. The van der Waals surface area contributed by atoms with Gasteiger partial charge in [-0.25, -0.2) is 26.0 Å². The number of rotatable bonds is 4. The molecule has 1 amide bonds. The maximum atomic E-state index is 13.5. The first kappa shape index (κ1) is 16.7. The van der Waals surface area contributed by atoms with Crippen molar-refractivity contribution in [3.63, 3.8) is 0 Å². The molecule has 0 atom stereocenters. The zero-order valence-electron chi connectivity index (χ0n) is 11.3. The normalized spacial score (nSPS) is 17.0. The third kappa shape index (κ3) is 3.22. The van der Waals surface area contributed by atoms with Crippen molar-refractivity contribution < 1.29 is 35.5 Å². The second-order valence-corrected chi connectivity index (χ2v) is 7.29. The van der Waals surface area contributed by atoms with Crippen LogP contribution in [0.5, 0.6) is 0 Å². The van der Waals surface area contributed by atoms with Gasteiger partial charge >= 0.3 is 0 Å². The van der Waals surface area contributed by atoms with E-state index >= 15 is 0 Å². The van der Waals surface area contributed by atoms with Gasteiger partial charge in [0.05, 0.1) is 24.5 Å². The maximum absolute atomic E-state index is 13.5. The highest BCUT2D eigenvalue weighted by Gasteiger charge is 2.43. The minimum absolute atomic E-state index is 0.153. The molecule has 5 nitrogen and oxygen atoms in total. The maximum Gasteiger partial charge on any atom is 0.255 e. The molecule has 22 heavy (non-hydrogen) atoms. The van der Waals surface area contributed by atoms with E-state index in [2.05, 4.69) is 5.32 Å². The average Bonchev–Trinajstić information content (AvgIpc) is 2.36. The van der Waals surface area contributed by atoms with E-state index in [-0.39, 0.29) is 19.3 Å². The zero-order chi connectivity index (χ0) is 16.7. The van der Waals surface area contributed by atoms with Crippen LogP contribution < -0.4 is 5.32 Å². The Bertz CT molecular complexity index is 731. The lowest BCUT2D eigenvalue weighted by atomic mass is 9.99. The lowest BCUT2D eigenvalue weighted by Gasteiger charge is -2.41. The molecular weight excluding hydrogens is 330 g/mol. The standard InChI is InChI=1S/C12H11F4NO4S/c1-22(19,20)5-12(3-21-4-12)17-11(18)6-2-7(13)9(15)10(16)8(6)14/h2H,3-5H2,1H3,(H,17,18). The molecule has 1 fully saturated rings. The van der Waals surface area contributed by atoms with Gasteiger partial charge in [-0.1, -0.05) is 0 Å². The molecule has 1 aromatic carbocycles. The van der Waals surface area contributed by atoms with Crippen LogP contribution in [0.15, 0.2) is 6.07 Å². The van der Waals surface area contributed by atoms with Crippen LogP contribution in [0.25, 0.3) is 0 Å². The number of ether oxygens (including phenoxy) is 1. The number of sulfone groups is 1. The van der Waals surface area contributed by atoms with Crippen LogP contribution >= 0.6 is 0 Å². The second kappa shape index (κ2) is 5.51. The molecule has 1 N–H and O–H groups in total. The highest BCUT2D eigenvalue weighted by Crippen LogP contribution is 2.23. The highest BCUT2D eigenvalue weighted by atomic mass is 32.2. The lowest BCUT2D eigenvalue weighted by molar-refractivity contribution is -0.0575. The second-order valence-electron chi connectivity index (χ2n) is 5.15. The van der Waals surface area contributed by atoms with Gasteiger partial charge in [-0.15, -0.1) is 0 Å². The summed E-state index contributed by atoms with van der Waals surface area (Å²) >= 11 is 0. The number of benzene rings is 1. The molecule has 0 radical (unpaired) electrons. The molecule has 0 aliphatic carbocycles. The van der Waals surface area contributed by atoms with E-state index in [0.717, 1.165) is 6.26 Å². The molecule has 1 saturated heterocycles. The quantitative estimate of drug-likeness (QED) is 0.499. The number of amides is 1. The summed E-state index contributed by atoms with van der Waals surface area (Å²) in [6.07, 6.45) is 0.928. The predicted octanol–water partition coefficient (Wildman–Crippen LogP) is 0.786. The van der Waals surface area contributed by atoms with Crippen molar-refractivity contribution in [2.45, 2.75) is 5.54 Å². The monoisotopic (exact) mass is 341 g/mol. The minimum Gasteiger partial charge on any atom is -0.376 e. The summed E-state index contributed by atoms with van der Waals surface area (Å²) in [6.45, 7) is -0.306. The molecule has 0 spiro atoms. The van der Waals surface area contributed by atoms with Crippen LogP contribution in [0.4, 0.5) is 17.6 Å². The number of halogens is 4. The molecular formula is C12H11F4NO4S. The Morgan fingerprint density at radius 2 is 1.82 bits per heavy atom. The van der Waals surface area contributed by atoms with Crippen molar-refractivity contribution in [2.75, 3.05) is 25.2 Å². The summed E-state index contributed by atoms with van der Waals surface area (Å²) in [5, 5.41) is 2.18. The largest absolute Gasteiger partial charge is 0.376 e. The first-order chi connectivity index (χ1) is 10.0. The van der Waals surface area contributed by atoms with Crippen LogP contribution in [-0.4, -0.2) is 45.1 Å². The predicted molar refractivity (Wildman–Crippen MR) is 67.0 cm³/mol. The zero-order valence-corrected chi connectivity index (χ0v) is 12.1. The third-order valence-electron chi connectivity index (χ3n) is 3.02. The van der Waals surface area contributed by atoms with Gasteiger partial charge in [-0.05, 0) is 6.07 Å². The Morgan fingerprint density at radius 3 is 2.27 bits per heavy atom. The molecule has 0 saturated carbocycles. The van der Waals surface area contributed by atoms with Crippen molar-refractivity contribution in [3.05, 3.63) is 34.9 Å².